The largest absolute Gasteiger partial charge is 0.343 e. The van der Waals surface area contributed by atoms with Gasteiger partial charge in [-0.3, -0.25) is 4.99 Å². The lowest BCUT2D eigenvalue weighted by molar-refractivity contribution is 0.488. The number of benzene rings is 6. The molecule has 8 aromatic rings. The van der Waals surface area contributed by atoms with Crippen LogP contribution in [0.15, 0.2) is 210 Å². The summed E-state index contributed by atoms with van der Waals surface area (Å²) >= 11 is 0. The Morgan fingerprint density at radius 1 is 0.688 bits per heavy atom. The average Bonchev–Trinajstić information content (AvgIpc) is 3.80. The highest BCUT2D eigenvalue weighted by molar-refractivity contribution is 6.23. The minimum atomic E-state index is -0.157. The van der Waals surface area contributed by atoms with E-state index in [4.69, 9.17) is 9.98 Å². The van der Waals surface area contributed by atoms with Gasteiger partial charge in [-0.25, -0.2) is 4.98 Å². The Hall–Kier alpha value is -7.30. The summed E-state index contributed by atoms with van der Waals surface area (Å²) in [7, 11) is 0. The van der Waals surface area contributed by atoms with E-state index in [1.807, 2.05) is 0 Å². The fourth-order valence-corrected chi connectivity index (χ4v) is 11.0. The molecule has 2 aromatic heterocycles. The van der Waals surface area contributed by atoms with Crippen LogP contribution in [0.4, 0.5) is 0 Å². The van der Waals surface area contributed by atoms with Crippen LogP contribution < -0.4 is 5.32 Å². The molecule has 12 rings (SSSR count). The van der Waals surface area contributed by atoms with E-state index >= 15 is 0 Å². The molecule has 1 N–H and O–H groups in total. The van der Waals surface area contributed by atoms with Gasteiger partial charge >= 0.3 is 0 Å². The summed E-state index contributed by atoms with van der Waals surface area (Å²) in [6.07, 6.45) is 19.3. The highest BCUT2D eigenvalue weighted by atomic mass is 15.1. The Balaban J connectivity index is 0.890. The fourth-order valence-electron chi connectivity index (χ4n) is 11.0. The van der Waals surface area contributed by atoms with Gasteiger partial charge < -0.3 is 9.88 Å². The molecular formula is C60H50N4. The number of amidine groups is 1. The normalized spacial score (nSPS) is 21.9. The van der Waals surface area contributed by atoms with Crippen molar-refractivity contribution < 1.29 is 0 Å². The van der Waals surface area contributed by atoms with Crippen molar-refractivity contribution in [2.24, 2.45) is 16.3 Å². The van der Waals surface area contributed by atoms with E-state index in [9.17, 15) is 0 Å². The lowest BCUT2D eigenvalue weighted by atomic mass is 9.78. The van der Waals surface area contributed by atoms with Crippen molar-refractivity contribution in [3.8, 4) is 28.1 Å². The van der Waals surface area contributed by atoms with Gasteiger partial charge in [0.05, 0.1) is 28.3 Å². The van der Waals surface area contributed by atoms with Crippen molar-refractivity contribution in [2.75, 3.05) is 0 Å². The molecule has 4 heteroatoms. The van der Waals surface area contributed by atoms with Crippen molar-refractivity contribution in [1.29, 1.82) is 0 Å². The first-order valence-electron chi connectivity index (χ1n) is 22.8. The van der Waals surface area contributed by atoms with Crippen LogP contribution >= 0.6 is 0 Å². The van der Waals surface area contributed by atoms with Crippen molar-refractivity contribution in [3.05, 3.63) is 228 Å². The van der Waals surface area contributed by atoms with Crippen LogP contribution in [0.25, 0.3) is 60.8 Å². The first kappa shape index (κ1) is 38.4. The summed E-state index contributed by atoms with van der Waals surface area (Å²) in [5, 5.41) is 7.50. The molecule has 0 saturated carbocycles. The third-order valence-electron chi connectivity index (χ3n) is 14.5. The molecule has 3 heterocycles. The Labute approximate surface area is 375 Å². The van der Waals surface area contributed by atoms with Crippen LogP contribution in [0.5, 0.6) is 0 Å². The highest BCUT2D eigenvalue weighted by Gasteiger charge is 2.37. The summed E-state index contributed by atoms with van der Waals surface area (Å²) < 4.78 is 2.39. The molecule has 0 radical (unpaired) electrons. The fraction of sp³-hybridized carbons (Fsp3) is 0.167. The molecule has 4 aliphatic rings. The van der Waals surface area contributed by atoms with Crippen LogP contribution in [0.3, 0.4) is 0 Å². The molecular weight excluding hydrogens is 777 g/mol. The smallest absolute Gasteiger partial charge is 0.133 e. The number of aliphatic imine (C=N–C) groups is 1. The zero-order valence-electron chi connectivity index (χ0n) is 36.8. The topological polar surface area (TPSA) is 42.2 Å². The summed E-state index contributed by atoms with van der Waals surface area (Å²) in [5.41, 5.74) is 16.6. The second-order valence-electron chi connectivity index (χ2n) is 18.9. The number of nitrogens with zero attached hydrogens (tertiary/aromatic N) is 3. The highest BCUT2D eigenvalue weighted by Crippen LogP contribution is 2.50. The maximum Gasteiger partial charge on any atom is 0.133 e. The van der Waals surface area contributed by atoms with Gasteiger partial charge in [-0.15, -0.1) is 0 Å². The van der Waals surface area contributed by atoms with Gasteiger partial charge in [-0.05, 0) is 76.1 Å². The van der Waals surface area contributed by atoms with E-state index in [0.29, 0.717) is 0 Å². The number of para-hydroxylation sites is 3. The van der Waals surface area contributed by atoms with Gasteiger partial charge in [0, 0.05) is 55.4 Å². The van der Waals surface area contributed by atoms with Crippen LogP contribution in [-0.2, 0) is 5.41 Å². The number of aromatic nitrogens is 2. The monoisotopic (exact) mass is 826 g/mol. The zero-order chi connectivity index (χ0) is 43.2. The number of fused-ring (bicyclic) bond motifs is 8. The minimum absolute atomic E-state index is 0.0749. The summed E-state index contributed by atoms with van der Waals surface area (Å²) in [6.45, 7) is 9.38. The molecule has 0 saturated heterocycles. The summed E-state index contributed by atoms with van der Waals surface area (Å²) in [5.74, 6) is 1.41. The molecule has 6 aromatic carbocycles. The van der Waals surface area contributed by atoms with E-state index < -0.39 is 0 Å². The van der Waals surface area contributed by atoms with Crippen molar-refractivity contribution in [3.63, 3.8) is 0 Å². The van der Waals surface area contributed by atoms with Crippen molar-refractivity contribution in [2.45, 2.75) is 51.5 Å². The van der Waals surface area contributed by atoms with Crippen molar-refractivity contribution >= 4 is 38.5 Å². The lowest BCUT2D eigenvalue weighted by Gasteiger charge is -2.35. The van der Waals surface area contributed by atoms with E-state index in [-0.39, 0.29) is 28.7 Å². The Morgan fingerprint density at radius 2 is 1.42 bits per heavy atom. The molecule has 0 fully saturated rings. The number of pyridine rings is 1. The molecule has 0 spiro atoms. The van der Waals surface area contributed by atoms with Crippen LogP contribution in [0.1, 0.15) is 68.3 Å². The molecule has 4 atom stereocenters. The maximum absolute atomic E-state index is 5.50. The van der Waals surface area contributed by atoms with Gasteiger partial charge in [-0.1, -0.05) is 192 Å². The van der Waals surface area contributed by atoms with Gasteiger partial charge in [0.25, 0.3) is 0 Å². The number of hydrogen-bond donors (Lipinski definition) is 1. The quantitative estimate of drug-likeness (QED) is 0.181. The molecule has 4 unspecified atom stereocenters. The van der Waals surface area contributed by atoms with Crippen molar-refractivity contribution in [1.82, 2.24) is 14.9 Å². The van der Waals surface area contributed by atoms with E-state index in [1.165, 1.54) is 60.8 Å². The molecule has 1 aliphatic heterocycles. The number of nitrogens with one attached hydrogen (secondary N) is 1. The van der Waals surface area contributed by atoms with Crippen LogP contribution in [0, 0.1) is 11.3 Å². The first-order chi connectivity index (χ1) is 31.2. The number of rotatable bonds is 6. The second kappa shape index (κ2) is 14.6. The Morgan fingerprint density at radius 3 is 2.23 bits per heavy atom. The molecule has 3 aliphatic carbocycles. The molecule has 64 heavy (non-hydrogen) atoms. The molecule has 310 valence electrons. The van der Waals surface area contributed by atoms with E-state index in [0.717, 1.165) is 45.8 Å². The van der Waals surface area contributed by atoms with Crippen LogP contribution in [-0.4, -0.2) is 15.4 Å². The molecule has 0 amide bonds. The minimum Gasteiger partial charge on any atom is -0.343 e. The van der Waals surface area contributed by atoms with Crippen LogP contribution in [0.2, 0.25) is 0 Å². The van der Waals surface area contributed by atoms with E-state index in [1.54, 1.807) is 0 Å². The zero-order valence-corrected chi connectivity index (χ0v) is 36.8. The van der Waals surface area contributed by atoms with Gasteiger partial charge in [-0.2, -0.15) is 0 Å². The predicted octanol–water partition coefficient (Wildman–Crippen LogP) is 14.7. The SMILES string of the molecule is CC1C=C(C2=NC(c3ccc4c(c3)C(C)(C)c3ccccc3-4)C=C(C3(C)C=CC=CC3)N2)C=CC1c1ccc(-c2nc3ccccc3c3c4ccccc4n(-c4ccccc4)c23)cc1. The standard InChI is InChI=1S/C60H50N4/c1-38-35-42(58-62-52(37-54(63-58)60(4)33-15-6-16-34-60)41-29-32-46-45-19-9-12-22-49(45)59(2,3)50(46)36-41)30-31-44(38)39-25-27-40(28-26-39)56-57-55(47-20-10-13-23-51(47)61-56)48-21-11-14-24-53(48)64(57)43-17-7-5-8-18-43/h5-33,35-38,44,52H,34H2,1-4H3,(H,62,63). The third-order valence-corrected chi connectivity index (χ3v) is 14.5. The number of allylic oxidation sites excluding steroid dienone is 6. The number of hydrogen-bond acceptors (Lipinski definition) is 3. The first-order valence-corrected chi connectivity index (χ1v) is 22.8. The summed E-state index contributed by atoms with van der Waals surface area (Å²) in [6, 6.07) is 53.0. The third kappa shape index (κ3) is 6.03. The van der Waals surface area contributed by atoms with E-state index in [2.05, 4.69) is 232 Å². The van der Waals surface area contributed by atoms with Gasteiger partial charge in [0.2, 0.25) is 0 Å². The second-order valence-corrected chi connectivity index (χ2v) is 18.9. The molecule has 4 nitrogen and oxygen atoms in total. The van der Waals surface area contributed by atoms with Gasteiger partial charge in [0.1, 0.15) is 5.84 Å². The Kier molecular flexibility index (Phi) is 8.78. The average molecular weight is 827 g/mol. The lowest BCUT2D eigenvalue weighted by Crippen LogP contribution is -2.37. The maximum atomic E-state index is 5.50. The summed E-state index contributed by atoms with van der Waals surface area (Å²) in [4.78, 5) is 10.9. The molecule has 0 bridgehead atoms. The Bertz CT molecular complexity index is 3390. The predicted molar refractivity (Wildman–Crippen MR) is 267 cm³/mol. The van der Waals surface area contributed by atoms with Gasteiger partial charge in [0.15, 0.2) is 0 Å².